The van der Waals surface area contributed by atoms with Gasteiger partial charge in [0.1, 0.15) is 4.88 Å². The van der Waals surface area contributed by atoms with Crippen LogP contribution in [0.15, 0.2) is 11.4 Å². The number of aromatic carboxylic acids is 1. The van der Waals surface area contributed by atoms with Gasteiger partial charge >= 0.3 is 5.97 Å². The number of hydrogen-bond donors (Lipinski definition) is 3. The van der Waals surface area contributed by atoms with Crippen molar-refractivity contribution in [2.24, 2.45) is 0 Å². The van der Waals surface area contributed by atoms with E-state index >= 15 is 0 Å². The minimum Gasteiger partial charge on any atom is -0.477 e. The van der Waals surface area contributed by atoms with Crippen LogP contribution in [0.3, 0.4) is 0 Å². The Morgan fingerprint density at radius 1 is 1.64 bits per heavy atom. The van der Waals surface area contributed by atoms with Crippen molar-refractivity contribution in [3.63, 3.8) is 0 Å². The van der Waals surface area contributed by atoms with Crippen molar-refractivity contribution in [2.75, 3.05) is 11.9 Å². The first-order chi connectivity index (χ1) is 6.46. The maximum atomic E-state index is 10.8. The van der Waals surface area contributed by atoms with Crippen LogP contribution >= 0.6 is 11.3 Å². The van der Waals surface area contributed by atoms with Gasteiger partial charge in [-0.2, -0.15) is 0 Å². The highest BCUT2D eigenvalue weighted by Gasteiger charge is 2.20. The molecule has 5 heteroatoms. The topological polar surface area (TPSA) is 69.6 Å². The highest BCUT2D eigenvalue weighted by Crippen LogP contribution is 2.25. The Bertz CT molecular complexity index is 333. The summed E-state index contributed by atoms with van der Waals surface area (Å²) in [5.41, 5.74) is 0.0483. The molecule has 0 spiro atoms. The number of nitrogens with one attached hydrogen (secondary N) is 1. The molecular formula is C9H13NO3S. The number of aliphatic hydroxyl groups is 1. The van der Waals surface area contributed by atoms with E-state index in [9.17, 15) is 4.79 Å². The average molecular weight is 215 g/mol. The number of hydrogen-bond acceptors (Lipinski definition) is 4. The molecule has 0 fully saturated rings. The molecule has 1 heterocycles. The van der Waals surface area contributed by atoms with Crippen LogP contribution in [0.25, 0.3) is 0 Å². The van der Waals surface area contributed by atoms with Gasteiger partial charge in [-0.15, -0.1) is 11.3 Å². The van der Waals surface area contributed by atoms with E-state index in [2.05, 4.69) is 5.32 Å². The molecule has 0 atom stereocenters. The zero-order chi connectivity index (χ0) is 10.8. The molecule has 0 aliphatic rings. The van der Waals surface area contributed by atoms with Gasteiger partial charge in [0.25, 0.3) is 0 Å². The molecule has 0 radical (unpaired) electrons. The van der Waals surface area contributed by atoms with Gasteiger partial charge in [-0.25, -0.2) is 4.79 Å². The normalized spacial score (nSPS) is 11.4. The Balaban J connectivity index is 2.86. The third-order valence-corrected chi connectivity index (χ3v) is 2.63. The van der Waals surface area contributed by atoms with Crippen molar-refractivity contribution in [3.8, 4) is 0 Å². The first-order valence-corrected chi connectivity index (χ1v) is 5.04. The zero-order valence-corrected chi connectivity index (χ0v) is 8.89. The summed E-state index contributed by atoms with van der Waals surface area (Å²) in [5, 5.41) is 22.5. The van der Waals surface area contributed by atoms with E-state index in [1.54, 1.807) is 25.3 Å². The minimum absolute atomic E-state index is 0.0537. The lowest BCUT2D eigenvalue weighted by Gasteiger charge is -2.24. The number of carboxylic acid groups (broad SMARTS) is 1. The zero-order valence-electron chi connectivity index (χ0n) is 8.07. The first kappa shape index (κ1) is 11.0. The van der Waals surface area contributed by atoms with Crippen LogP contribution in [0.4, 0.5) is 5.69 Å². The van der Waals surface area contributed by atoms with Crippen LogP contribution in [0.1, 0.15) is 23.5 Å². The van der Waals surface area contributed by atoms with Crippen molar-refractivity contribution >= 4 is 23.0 Å². The third-order valence-electron chi connectivity index (χ3n) is 1.73. The van der Waals surface area contributed by atoms with Gasteiger partial charge in [0.2, 0.25) is 0 Å². The Labute approximate surface area is 86.2 Å². The maximum absolute atomic E-state index is 10.8. The predicted molar refractivity (Wildman–Crippen MR) is 56.1 cm³/mol. The van der Waals surface area contributed by atoms with Gasteiger partial charge in [-0.1, -0.05) is 0 Å². The lowest BCUT2D eigenvalue weighted by Crippen LogP contribution is -2.35. The summed E-state index contributed by atoms with van der Waals surface area (Å²) in [6.45, 7) is 3.55. The maximum Gasteiger partial charge on any atom is 0.348 e. The molecule has 0 bridgehead atoms. The van der Waals surface area contributed by atoms with Gasteiger partial charge in [-0.3, -0.25) is 0 Å². The fourth-order valence-corrected chi connectivity index (χ4v) is 1.66. The second kappa shape index (κ2) is 3.98. The van der Waals surface area contributed by atoms with Gasteiger partial charge in [0.15, 0.2) is 0 Å². The molecule has 14 heavy (non-hydrogen) atoms. The first-order valence-electron chi connectivity index (χ1n) is 4.16. The highest BCUT2D eigenvalue weighted by molar-refractivity contribution is 7.12. The molecule has 0 aliphatic carbocycles. The van der Waals surface area contributed by atoms with Crippen molar-refractivity contribution in [3.05, 3.63) is 16.3 Å². The second-order valence-corrected chi connectivity index (χ2v) is 4.55. The summed E-state index contributed by atoms with van der Waals surface area (Å²) in [6.07, 6.45) is 0. The largest absolute Gasteiger partial charge is 0.477 e. The van der Waals surface area contributed by atoms with Gasteiger partial charge < -0.3 is 15.5 Å². The monoisotopic (exact) mass is 215 g/mol. The van der Waals surface area contributed by atoms with Crippen LogP contribution < -0.4 is 5.32 Å². The Hall–Kier alpha value is -1.07. The van der Waals surface area contributed by atoms with Crippen LogP contribution in [0, 0.1) is 0 Å². The summed E-state index contributed by atoms with van der Waals surface area (Å²) in [7, 11) is 0. The highest BCUT2D eigenvalue weighted by atomic mass is 32.1. The van der Waals surface area contributed by atoms with E-state index in [0.717, 1.165) is 0 Å². The standard InChI is InChI=1S/C9H13NO3S/c1-9(2,5-11)10-6-3-4-14-7(6)8(12)13/h3-4,10-11H,5H2,1-2H3,(H,12,13). The SMILES string of the molecule is CC(C)(CO)Nc1ccsc1C(=O)O. The van der Waals surface area contributed by atoms with E-state index < -0.39 is 11.5 Å². The van der Waals surface area contributed by atoms with Crippen LogP contribution in [-0.4, -0.2) is 28.3 Å². The van der Waals surface area contributed by atoms with Crippen molar-refractivity contribution in [1.82, 2.24) is 0 Å². The lowest BCUT2D eigenvalue weighted by molar-refractivity contribution is 0.0703. The van der Waals surface area contributed by atoms with E-state index in [4.69, 9.17) is 10.2 Å². The van der Waals surface area contributed by atoms with Crippen molar-refractivity contribution < 1.29 is 15.0 Å². The average Bonchev–Trinajstić information content (AvgIpc) is 2.51. The fraction of sp³-hybridized carbons (Fsp3) is 0.444. The molecule has 0 unspecified atom stereocenters. The number of carboxylic acids is 1. The van der Waals surface area contributed by atoms with Gasteiger partial charge in [0.05, 0.1) is 17.8 Å². The molecule has 3 N–H and O–H groups in total. The Morgan fingerprint density at radius 3 is 2.79 bits per heavy atom. The van der Waals surface area contributed by atoms with E-state index in [1.807, 2.05) is 0 Å². The number of aliphatic hydroxyl groups excluding tert-OH is 1. The summed E-state index contributed by atoms with van der Waals surface area (Å²) >= 11 is 1.17. The minimum atomic E-state index is -0.948. The molecule has 4 nitrogen and oxygen atoms in total. The molecule has 0 saturated heterocycles. The molecule has 78 valence electrons. The number of anilines is 1. The molecule has 0 saturated carbocycles. The summed E-state index contributed by atoms with van der Waals surface area (Å²) < 4.78 is 0. The molecule has 0 amide bonds. The van der Waals surface area contributed by atoms with Crippen LogP contribution in [-0.2, 0) is 0 Å². The number of rotatable bonds is 4. The quantitative estimate of drug-likeness (QED) is 0.714. The van der Waals surface area contributed by atoms with Crippen molar-refractivity contribution in [1.29, 1.82) is 0 Å². The third kappa shape index (κ3) is 2.46. The van der Waals surface area contributed by atoms with Crippen LogP contribution in [0.2, 0.25) is 0 Å². The number of thiophene rings is 1. The van der Waals surface area contributed by atoms with E-state index in [-0.39, 0.29) is 11.5 Å². The molecule has 0 aliphatic heterocycles. The lowest BCUT2D eigenvalue weighted by atomic mass is 10.1. The smallest absolute Gasteiger partial charge is 0.348 e. The number of carbonyl (C=O) groups is 1. The summed E-state index contributed by atoms with van der Waals surface area (Å²) in [4.78, 5) is 11.0. The molecular weight excluding hydrogens is 202 g/mol. The molecule has 0 aromatic carbocycles. The second-order valence-electron chi connectivity index (χ2n) is 3.64. The van der Waals surface area contributed by atoms with E-state index in [0.29, 0.717) is 5.69 Å². The van der Waals surface area contributed by atoms with E-state index in [1.165, 1.54) is 11.3 Å². The Kier molecular flexibility index (Phi) is 3.13. The molecule has 1 aromatic rings. The Morgan fingerprint density at radius 2 is 2.29 bits per heavy atom. The summed E-state index contributed by atoms with van der Waals surface area (Å²) in [5.74, 6) is -0.948. The van der Waals surface area contributed by atoms with Gasteiger partial charge in [0, 0.05) is 0 Å². The van der Waals surface area contributed by atoms with Crippen molar-refractivity contribution in [2.45, 2.75) is 19.4 Å². The predicted octanol–water partition coefficient (Wildman–Crippen LogP) is 1.63. The van der Waals surface area contributed by atoms with Crippen LogP contribution in [0.5, 0.6) is 0 Å². The molecule has 1 rings (SSSR count). The van der Waals surface area contributed by atoms with Gasteiger partial charge in [-0.05, 0) is 25.3 Å². The fourth-order valence-electron chi connectivity index (χ4n) is 0.977. The molecule has 1 aromatic heterocycles. The summed E-state index contributed by atoms with van der Waals surface area (Å²) in [6, 6.07) is 1.70.